The summed E-state index contributed by atoms with van der Waals surface area (Å²) in [5, 5.41) is 0. The second-order valence-electron chi connectivity index (χ2n) is 6.54. The number of esters is 1. The summed E-state index contributed by atoms with van der Waals surface area (Å²) in [6.07, 6.45) is 6.98. The first-order valence-corrected chi connectivity index (χ1v) is 9.78. The molecule has 0 heterocycles. The molecule has 0 amide bonds. The van der Waals surface area contributed by atoms with E-state index in [1.165, 1.54) is 30.6 Å². The molecule has 144 valence electrons. The highest BCUT2D eigenvalue weighted by Gasteiger charge is 2.22. The lowest BCUT2D eigenvalue weighted by molar-refractivity contribution is -0.896. The van der Waals surface area contributed by atoms with Crippen molar-refractivity contribution < 1.29 is 26.8 Å². The third kappa shape index (κ3) is 9.86. The van der Waals surface area contributed by atoms with Gasteiger partial charge >= 0.3 is 5.97 Å². The number of carbonyl (C=O) groups excluding carboxylic acids is 1. The van der Waals surface area contributed by atoms with Crippen molar-refractivity contribution in [1.82, 2.24) is 0 Å². The largest absolute Gasteiger partial charge is 1.00 e. The highest BCUT2D eigenvalue weighted by molar-refractivity contribution is 5.78. The molecular formula is C21H36ClNO2. The smallest absolute Gasteiger partial charge is 0.313 e. The highest BCUT2D eigenvalue weighted by atomic mass is 35.5. The summed E-state index contributed by atoms with van der Waals surface area (Å²) in [5.41, 5.74) is 1.09. The van der Waals surface area contributed by atoms with Gasteiger partial charge in [0.1, 0.15) is 13.2 Å². The number of hydrogen-bond donors (Lipinski definition) is 1. The molecule has 25 heavy (non-hydrogen) atoms. The van der Waals surface area contributed by atoms with Crippen molar-refractivity contribution in [3.8, 4) is 0 Å². The molecule has 1 rings (SSSR count). The fourth-order valence-electron chi connectivity index (χ4n) is 3.06. The molecule has 0 bridgehead atoms. The first-order chi connectivity index (χ1) is 11.7. The Labute approximate surface area is 160 Å². The van der Waals surface area contributed by atoms with E-state index >= 15 is 0 Å². The Balaban J connectivity index is 0.00000576. The monoisotopic (exact) mass is 369 g/mol. The Bertz CT molecular complexity index is 435. The topological polar surface area (TPSA) is 30.7 Å². The molecule has 0 aliphatic carbocycles. The van der Waals surface area contributed by atoms with E-state index in [2.05, 4.69) is 20.8 Å². The number of halogens is 1. The van der Waals surface area contributed by atoms with Crippen molar-refractivity contribution in [2.45, 2.75) is 65.2 Å². The summed E-state index contributed by atoms with van der Waals surface area (Å²) in [4.78, 5) is 14.1. The van der Waals surface area contributed by atoms with Crippen LogP contribution in [0.5, 0.6) is 0 Å². The van der Waals surface area contributed by atoms with Crippen molar-refractivity contribution in [2.24, 2.45) is 0 Å². The second-order valence-corrected chi connectivity index (χ2v) is 6.54. The van der Waals surface area contributed by atoms with Gasteiger partial charge in [-0.1, -0.05) is 69.4 Å². The third-order valence-corrected chi connectivity index (χ3v) is 4.78. The van der Waals surface area contributed by atoms with Crippen molar-refractivity contribution in [2.75, 3.05) is 26.2 Å². The van der Waals surface area contributed by atoms with E-state index in [0.717, 1.165) is 38.0 Å². The van der Waals surface area contributed by atoms with Gasteiger partial charge in [-0.25, -0.2) is 0 Å². The average molecular weight is 370 g/mol. The molecule has 0 spiro atoms. The second kappa shape index (κ2) is 15.2. The van der Waals surface area contributed by atoms with Crippen LogP contribution in [0.4, 0.5) is 0 Å². The molecule has 0 aliphatic rings. The van der Waals surface area contributed by atoms with Gasteiger partial charge in [-0.15, -0.1) is 0 Å². The quantitative estimate of drug-likeness (QED) is 0.408. The maximum absolute atomic E-state index is 12.6. The van der Waals surface area contributed by atoms with E-state index in [0.29, 0.717) is 6.61 Å². The predicted octanol–water partition coefficient (Wildman–Crippen LogP) is 0.603. The zero-order valence-electron chi connectivity index (χ0n) is 16.2. The van der Waals surface area contributed by atoms with Crippen LogP contribution in [-0.4, -0.2) is 32.2 Å². The van der Waals surface area contributed by atoms with Crippen LogP contribution >= 0.6 is 0 Å². The molecule has 1 aromatic rings. The van der Waals surface area contributed by atoms with Gasteiger partial charge in [0.25, 0.3) is 0 Å². The van der Waals surface area contributed by atoms with Crippen LogP contribution in [0.1, 0.15) is 70.8 Å². The minimum absolute atomic E-state index is 0. The molecule has 1 N–H and O–H groups in total. The van der Waals surface area contributed by atoms with Gasteiger partial charge in [-0.3, -0.25) is 4.79 Å². The molecule has 1 atom stereocenters. The van der Waals surface area contributed by atoms with Gasteiger partial charge in [-0.2, -0.15) is 0 Å². The number of rotatable bonds is 13. The van der Waals surface area contributed by atoms with Crippen molar-refractivity contribution in [3.63, 3.8) is 0 Å². The van der Waals surface area contributed by atoms with E-state index in [4.69, 9.17) is 4.74 Å². The summed E-state index contributed by atoms with van der Waals surface area (Å²) in [7, 11) is 0. The zero-order chi connectivity index (χ0) is 17.6. The fourth-order valence-corrected chi connectivity index (χ4v) is 3.06. The molecule has 4 heteroatoms. The SMILES string of the molecule is CCCCCCCC(C(=O)OCC[NH+](CC)CC)c1ccccc1.[Cl-]. The van der Waals surface area contributed by atoms with Crippen molar-refractivity contribution in [3.05, 3.63) is 35.9 Å². The van der Waals surface area contributed by atoms with E-state index in [1.54, 1.807) is 0 Å². The van der Waals surface area contributed by atoms with Gasteiger partial charge in [-0.05, 0) is 25.8 Å². The molecule has 0 fully saturated rings. The van der Waals surface area contributed by atoms with Crippen molar-refractivity contribution in [1.29, 1.82) is 0 Å². The van der Waals surface area contributed by atoms with Crippen LogP contribution in [0, 0.1) is 0 Å². The first-order valence-electron chi connectivity index (χ1n) is 9.78. The molecular weight excluding hydrogens is 334 g/mol. The highest BCUT2D eigenvalue weighted by Crippen LogP contribution is 2.24. The molecule has 0 radical (unpaired) electrons. The van der Waals surface area contributed by atoms with Crippen LogP contribution in [-0.2, 0) is 9.53 Å². The Morgan fingerprint density at radius 1 is 1.00 bits per heavy atom. The van der Waals surface area contributed by atoms with Crippen LogP contribution in [0.3, 0.4) is 0 Å². The summed E-state index contributed by atoms with van der Waals surface area (Å²) < 4.78 is 5.61. The van der Waals surface area contributed by atoms with E-state index in [-0.39, 0.29) is 24.3 Å². The summed E-state index contributed by atoms with van der Waals surface area (Å²) >= 11 is 0. The lowest BCUT2D eigenvalue weighted by Crippen LogP contribution is -3.11. The number of unbranched alkanes of at least 4 members (excludes halogenated alkanes) is 4. The Kier molecular flexibility index (Phi) is 14.6. The average Bonchev–Trinajstić information content (AvgIpc) is 2.62. The zero-order valence-corrected chi connectivity index (χ0v) is 17.0. The number of ether oxygens (including phenoxy) is 1. The molecule has 3 nitrogen and oxygen atoms in total. The fraction of sp³-hybridized carbons (Fsp3) is 0.667. The van der Waals surface area contributed by atoms with Gasteiger partial charge < -0.3 is 22.0 Å². The van der Waals surface area contributed by atoms with Gasteiger partial charge in [0.2, 0.25) is 0 Å². The minimum Gasteiger partial charge on any atom is -1.00 e. The number of nitrogens with one attached hydrogen (secondary N) is 1. The maximum Gasteiger partial charge on any atom is 0.313 e. The van der Waals surface area contributed by atoms with E-state index < -0.39 is 0 Å². The summed E-state index contributed by atoms with van der Waals surface area (Å²) in [6, 6.07) is 10.1. The molecule has 0 saturated heterocycles. The van der Waals surface area contributed by atoms with Crippen molar-refractivity contribution >= 4 is 5.97 Å². The molecule has 1 unspecified atom stereocenters. The Hall–Kier alpha value is -1.06. The lowest BCUT2D eigenvalue weighted by Gasteiger charge is -2.18. The standard InChI is InChI=1S/C21H35NO2.ClH/c1-4-7-8-9-13-16-20(19-14-11-10-12-15-19)21(23)24-18-17-22(5-2)6-3;/h10-12,14-15,20H,4-9,13,16-18H2,1-3H3;1H. The Morgan fingerprint density at radius 3 is 2.24 bits per heavy atom. The minimum atomic E-state index is -0.112. The van der Waals surface area contributed by atoms with Gasteiger partial charge in [0, 0.05) is 0 Å². The molecule has 0 saturated carbocycles. The van der Waals surface area contributed by atoms with Crippen LogP contribution in [0.25, 0.3) is 0 Å². The molecule has 0 aliphatic heterocycles. The number of carbonyl (C=O) groups is 1. The molecule has 0 aromatic heterocycles. The van der Waals surface area contributed by atoms with Crippen LogP contribution < -0.4 is 17.3 Å². The number of quaternary nitrogens is 1. The molecule has 1 aromatic carbocycles. The van der Waals surface area contributed by atoms with Crippen LogP contribution in [0.2, 0.25) is 0 Å². The summed E-state index contributed by atoms with van der Waals surface area (Å²) in [5.74, 6) is -0.164. The summed E-state index contributed by atoms with van der Waals surface area (Å²) in [6.45, 7) is 10.1. The first kappa shape index (κ1) is 23.9. The van der Waals surface area contributed by atoms with E-state index in [9.17, 15) is 4.79 Å². The van der Waals surface area contributed by atoms with Gasteiger partial charge in [0.15, 0.2) is 0 Å². The Morgan fingerprint density at radius 2 is 1.64 bits per heavy atom. The number of benzene rings is 1. The number of hydrogen-bond acceptors (Lipinski definition) is 2. The normalized spacial score (nSPS) is 11.8. The van der Waals surface area contributed by atoms with Gasteiger partial charge in [0.05, 0.1) is 19.0 Å². The predicted molar refractivity (Wildman–Crippen MR) is 100 cm³/mol. The lowest BCUT2D eigenvalue weighted by atomic mass is 9.93. The van der Waals surface area contributed by atoms with E-state index in [1.807, 2.05) is 30.3 Å². The number of likely N-dealkylation sites (N-methyl/N-ethyl adjacent to an activating group) is 1. The maximum atomic E-state index is 12.6. The third-order valence-electron chi connectivity index (χ3n) is 4.78. The van der Waals surface area contributed by atoms with Crippen LogP contribution in [0.15, 0.2) is 30.3 Å².